The van der Waals surface area contributed by atoms with Crippen molar-refractivity contribution in [1.82, 2.24) is 10.3 Å². The van der Waals surface area contributed by atoms with Crippen molar-refractivity contribution in [1.29, 1.82) is 0 Å². The number of pyridine rings is 1. The summed E-state index contributed by atoms with van der Waals surface area (Å²) in [5, 5.41) is 8.37. The van der Waals surface area contributed by atoms with E-state index in [9.17, 15) is 0 Å². The highest BCUT2D eigenvalue weighted by atomic mass is 35.5. The summed E-state index contributed by atoms with van der Waals surface area (Å²) in [4.78, 5) is 4.50. The first-order chi connectivity index (χ1) is 8.72. The lowest BCUT2D eigenvalue weighted by molar-refractivity contribution is 0.748. The Morgan fingerprint density at radius 2 is 2.11 bits per heavy atom. The van der Waals surface area contributed by atoms with Gasteiger partial charge >= 0.3 is 0 Å². The zero-order valence-electron chi connectivity index (χ0n) is 10.8. The Morgan fingerprint density at radius 3 is 2.89 bits per heavy atom. The van der Waals surface area contributed by atoms with E-state index in [2.05, 4.69) is 21.7 Å². The van der Waals surface area contributed by atoms with Gasteiger partial charge in [0.2, 0.25) is 0 Å². The number of rotatable bonds is 5. The molecule has 0 atom stereocenters. The Balaban J connectivity index is 2.29. The van der Waals surface area contributed by atoms with Crippen molar-refractivity contribution in [3.8, 4) is 0 Å². The summed E-state index contributed by atoms with van der Waals surface area (Å²) < 4.78 is 0. The van der Waals surface area contributed by atoms with E-state index in [4.69, 9.17) is 11.6 Å². The number of nitrogens with zero attached hydrogens (tertiary/aromatic N) is 1. The third-order valence-electron chi connectivity index (χ3n) is 2.84. The molecule has 0 unspecified atom stereocenters. The van der Waals surface area contributed by atoms with E-state index in [0.29, 0.717) is 5.02 Å². The summed E-state index contributed by atoms with van der Waals surface area (Å²) in [7, 11) is 1.96. The highest BCUT2D eigenvalue weighted by molar-refractivity contribution is 6.35. The van der Waals surface area contributed by atoms with Crippen molar-refractivity contribution < 1.29 is 0 Å². The number of aryl methyl sites for hydroxylation is 1. The molecule has 2 N–H and O–H groups in total. The van der Waals surface area contributed by atoms with Gasteiger partial charge < -0.3 is 10.6 Å². The summed E-state index contributed by atoms with van der Waals surface area (Å²) in [5.41, 5.74) is 2.96. The zero-order valence-corrected chi connectivity index (χ0v) is 11.5. The number of anilines is 1. The molecule has 1 aromatic carbocycles. The maximum Gasteiger partial charge on any atom is 0.0912 e. The number of hydrogen-bond donors (Lipinski definition) is 2. The summed E-state index contributed by atoms with van der Waals surface area (Å²) in [6.45, 7) is 3.93. The number of halogens is 1. The molecular weight excluding hydrogens is 246 g/mol. The average molecular weight is 264 g/mol. The Kier molecular flexibility index (Phi) is 4.39. The molecule has 0 bridgehead atoms. The predicted octanol–water partition coefficient (Wildman–Crippen LogP) is 3.22. The number of nitrogens with one attached hydrogen (secondary N) is 2. The second kappa shape index (κ2) is 6.03. The molecule has 3 nitrogen and oxygen atoms in total. The van der Waals surface area contributed by atoms with Crippen LogP contribution in [0.25, 0.3) is 10.9 Å². The van der Waals surface area contributed by atoms with Crippen molar-refractivity contribution in [2.75, 3.05) is 25.5 Å². The van der Waals surface area contributed by atoms with Crippen LogP contribution < -0.4 is 10.6 Å². The van der Waals surface area contributed by atoms with Crippen LogP contribution in [-0.2, 0) is 0 Å². The molecule has 0 spiro atoms. The first-order valence-corrected chi connectivity index (χ1v) is 6.54. The number of fused-ring (bicyclic) bond motifs is 1. The van der Waals surface area contributed by atoms with Gasteiger partial charge in [-0.2, -0.15) is 0 Å². The molecule has 0 saturated heterocycles. The zero-order chi connectivity index (χ0) is 13.0. The molecule has 0 fully saturated rings. The van der Waals surface area contributed by atoms with Gasteiger partial charge in [0, 0.05) is 23.3 Å². The molecule has 2 aromatic rings. The molecule has 0 aliphatic rings. The molecular formula is C14H18ClN3. The minimum atomic E-state index is 0.703. The van der Waals surface area contributed by atoms with E-state index >= 15 is 0 Å². The van der Waals surface area contributed by atoms with Crippen LogP contribution in [0, 0.1) is 6.92 Å². The van der Waals surface area contributed by atoms with Gasteiger partial charge in [-0.25, -0.2) is 0 Å². The standard InChI is InChI=1S/C14H18ClN3/c1-10-9-13(17-8-4-7-16-2)11-5-3-6-12(15)14(11)18-10/h3,5-6,9,16H,4,7-8H2,1-2H3,(H,17,18). The predicted molar refractivity (Wildman–Crippen MR) is 78.5 cm³/mol. The van der Waals surface area contributed by atoms with Crippen molar-refractivity contribution in [3.63, 3.8) is 0 Å². The van der Waals surface area contributed by atoms with Gasteiger partial charge in [-0.05, 0) is 39.1 Å². The highest BCUT2D eigenvalue weighted by Crippen LogP contribution is 2.28. The van der Waals surface area contributed by atoms with Crippen LogP contribution in [0.2, 0.25) is 5.02 Å². The van der Waals surface area contributed by atoms with Gasteiger partial charge in [-0.1, -0.05) is 23.7 Å². The lowest BCUT2D eigenvalue weighted by atomic mass is 10.1. The van der Waals surface area contributed by atoms with Gasteiger partial charge in [0.05, 0.1) is 10.5 Å². The normalized spacial score (nSPS) is 10.8. The maximum atomic E-state index is 6.18. The van der Waals surface area contributed by atoms with Gasteiger partial charge in [-0.3, -0.25) is 4.98 Å². The smallest absolute Gasteiger partial charge is 0.0912 e. The quantitative estimate of drug-likeness (QED) is 0.814. The van der Waals surface area contributed by atoms with Crippen molar-refractivity contribution in [2.24, 2.45) is 0 Å². The Labute approximate surface area is 113 Å². The Hall–Kier alpha value is -1.32. The lowest BCUT2D eigenvalue weighted by Crippen LogP contribution is -2.13. The SMILES string of the molecule is CNCCCNc1cc(C)nc2c(Cl)cccc12. The van der Waals surface area contributed by atoms with Crippen molar-refractivity contribution >= 4 is 28.2 Å². The largest absolute Gasteiger partial charge is 0.384 e. The van der Waals surface area contributed by atoms with E-state index in [1.54, 1.807) is 0 Å². The fraction of sp³-hybridized carbons (Fsp3) is 0.357. The Morgan fingerprint density at radius 1 is 1.28 bits per heavy atom. The van der Waals surface area contributed by atoms with E-state index in [1.807, 2.05) is 32.2 Å². The molecule has 1 aromatic heterocycles. The van der Waals surface area contributed by atoms with Crippen LogP contribution in [0.3, 0.4) is 0 Å². The van der Waals surface area contributed by atoms with Crippen LogP contribution in [0.4, 0.5) is 5.69 Å². The Bertz CT molecular complexity index is 540. The fourth-order valence-corrected chi connectivity index (χ4v) is 2.19. The summed E-state index contributed by atoms with van der Waals surface area (Å²) in [5.74, 6) is 0. The van der Waals surface area contributed by atoms with Crippen LogP contribution in [0.1, 0.15) is 12.1 Å². The van der Waals surface area contributed by atoms with Gasteiger partial charge in [0.1, 0.15) is 0 Å². The van der Waals surface area contributed by atoms with Crippen LogP contribution >= 0.6 is 11.6 Å². The number of aromatic nitrogens is 1. The maximum absolute atomic E-state index is 6.18. The van der Waals surface area contributed by atoms with Gasteiger partial charge in [0.25, 0.3) is 0 Å². The lowest BCUT2D eigenvalue weighted by Gasteiger charge is -2.11. The second-order valence-corrected chi connectivity index (χ2v) is 4.74. The summed E-state index contributed by atoms with van der Waals surface area (Å²) in [6, 6.07) is 7.95. The van der Waals surface area contributed by atoms with Gasteiger partial charge in [-0.15, -0.1) is 0 Å². The topological polar surface area (TPSA) is 37.0 Å². The van der Waals surface area contributed by atoms with E-state index < -0.39 is 0 Å². The second-order valence-electron chi connectivity index (χ2n) is 4.33. The van der Waals surface area contributed by atoms with E-state index in [0.717, 1.165) is 41.8 Å². The molecule has 0 amide bonds. The molecule has 2 rings (SSSR count). The molecule has 1 heterocycles. The molecule has 96 valence electrons. The van der Waals surface area contributed by atoms with Gasteiger partial charge in [0.15, 0.2) is 0 Å². The average Bonchev–Trinajstić information content (AvgIpc) is 2.36. The molecule has 0 aliphatic carbocycles. The molecule has 0 radical (unpaired) electrons. The number of hydrogen-bond acceptors (Lipinski definition) is 3. The molecule has 4 heteroatoms. The number of para-hydroxylation sites is 1. The monoisotopic (exact) mass is 263 g/mol. The van der Waals surface area contributed by atoms with E-state index in [-0.39, 0.29) is 0 Å². The first kappa shape index (κ1) is 13.1. The first-order valence-electron chi connectivity index (χ1n) is 6.16. The highest BCUT2D eigenvalue weighted by Gasteiger charge is 2.06. The third kappa shape index (κ3) is 2.92. The fourth-order valence-electron chi connectivity index (χ4n) is 1.98. The minimum absolute atomic E-state index is 0.703. The number of benzene rings is 1. The summed E-state index contributed by atoms with van der Waals surface area (Å²) in [6.07, 6.45) is 1.08. The van der Waals surface area contributed by atoms with Crippen molar-refractivity contribution in [3.05, 3.63) is 35.0 Å². The van der Waals surface area contributed by atoms with Crippen molar-refractivity contribution in [2.45, 2.75) is 13.3 Å². The van der Waals surface area contributed by atoms with Crippen LogP contribution in [-0.4, -0.2) is 25.1 Å². The van der Waals surface area contributed by atoms with Crippen LogP contribution in [0.15, 0.2) is 24.3 Å². The summed E-state index contributed by atoms with van der Waals surface area (Å²) >= 11 is 6.18. The van der Waals surface area contributed by atoms with E-state index in [1.165, 1.54) is 0 Å². The minimum Gasteiger partial charge on any atom is -0.384 e. The van der Waals surface area contributed by atoms with Crippen LogP contribution in [0.5, 0.6) is 0 Å². The molecule has 18 heavy (non-hydrogen) atoms. The molecule has 0 aliphatic heterocycles. The molecule has 0 saturated carbocycles. The third-order valence-corrected chi connectivity index (χ3v) is 3.14.